The normalized spacial score (nSPS) is 12.4. The lowest BCUT2D eigenvalue weighted by molar-refractivity contribution is 0.816. The molecule has 0 bridgehead atoms. The van der Waals surface area contributed by atoms with E-state index in [0.29, 0.717) is 0 Å². The van der Waals surface area contributed by atoms with Crippen LogP contribution >= 0.6 is 0 Å². The van der Waals surface area contributed by atoms with Crippen molar-refractivity contribution in [1.29, 1.82) is 0 Å². The molecular weight excluding hydrogens is 146 g/mol. The third kappa shape index (κ3) is 7.29. The molecule has 1 heteroatoms. The number of nitrogens with one attached hydrogen (secondary N) is 1. The highest BCUT2D eigenvalue weighted by atomic mass is 14.8. The predicted molar refractivity (Wildman–Crippen MR) is 56.3 cm³/mol. The van der Waals surface area contributed by atoms with Crippen LogP contribution in [-0.4, -0.2) is 13.1 Å². The first-order chi connectivity index (χ1) is 5.66. The molecule has 0 fully saturated rings. The van der Waals surface area contributed by atoms with Crippen molar-refractivity contribution in [3.63, 3.8) is 0 Å². The van der Waals surface area contributed by atoms with Gasteiger partial charge in [-0.3, -0.25) is 0 Å². The van der Waals surface area contributed by atoms with Crippen molar-refractivity contribution in [3.8, 4) is 0 Å². The Morgan fingerprint density at radius 2 is 2.08 bits per heavy atom. The van der Waals surface area contributed by atoms with Gasteiger partial charge in [0.2, 0.25) is 0 Å². The topological polar surface area (TPSA) is 12.0 Å². The van der Waals surface area contributed by atoms with E-state index in [0.717, 1.165) is 13.1 Å². The van der Waals surface area contributed by atoms with Crippen LogP contribution in [-0.2, 0) is 0 Å². The Labute approximate surface area is 75.9 Å². The summed E-state index contributed by atoms with van der Waals surface area (Å²) in [5, 5.41) is 3.25. The van der Waals surface area contributed by atoms with E-state index in [2.05, 4.69) is 37.0 Å². The van der Waals surface area contributed by atoms with Crippen LogP contribution in [0.15, 0.2) is 36.0 Å². The summed E-state index contributed by atoms with van der Waals surface area (Å²) >= 11 is 0. The SMILES string of the molecule is C=C(C)CNC/C=C/C(C)=C/C. The van der Waals surface area contributed by atoms with Crippen LogP contribution in [0.3, 0.4) is 0 Å². The number of hydrogen-bond acceptors (Lipinski definition) is 1. The zero-order valence-corrected chi connectivity index (χ0v) is 8.35. The smallest absolute Gasteiger partial charge is 0.0162 e. The lowest BCUT2D eigenvalue weighted by Crippen LogP contribution is -2.15. The van der Waals surface area contributed by atoms with Crippen molar-refractivity contribution in [2.75, 3.05) is 13.1 Å². The Balaban J connectivity index is 3.43. The van der Waals surface area contributed by atoms with Gasteiger partial charge in [0.05, 0.1) is 0 Å². The van der Waals surface area contributed by atoms with Gasteiger partial charge in [-0.25, -0.2) is 0 Å². The predicted octanol–water partition coefficient (Wildman–Crippen LogP) is 2.67. The Hall–Kier alpha value is -0.820. The highest BCUT2D eigenvalue weighted by Crippen LogP contribution is 1.92. The van der Waals surface area contributed by atoms with Gasteiger partial charge in [-0.2, -0.15) is 0 Å². The Kier molecular flexibility index (Phi) is 6.39. The van der Waals surface area contributed by atoms with Crippen molar-refractivity contribution in [1.82, 2.24) is 5.32 Å². The summed E-state index contributed by atoms with van der Waals surface area (Å²) in [4.78, 5) is 0. The molecule has 0 amide bonds. The van der Waals surface area contributed by atoms with Crippen LogP contribution < -0.4 is 5.32 Å². The van der Waals surface area contributed by atoms with Gasteiger partial charge in [0.1, 0.15) is 0 Å². The van der Waals surface area contributed by atoms with E-state index in [4.69, 9.17) is 0 Å². The fraction of sp³-hybridized carbons (Fsp3) is 0.455. The average Bonchev–Trinajstić information content (AvgIpc) is 2.03. The monoisotopic (exact) mass is 165 g/mol. The first-order valence-electron chi connectivity index (χ1n) is 4.31. The minimum Gasteiger partial charge on any atom is -0.310 e. The zero-order chi connectivity index (χ0) is 9.40. The summed E-state index contributed by atoms with van der Waals surface area (Å²) < 4.78 is 0. The van der Waals surface area contributed by atoms with Crippen LogP contribution in [0.4, 0.5) is 0 Å². The van der Waals surface area contributed by atoms with Crippen LogP contribution in [0.2, 0.25) is 0 Å². The fourth-order valence-electron chi connectivity index (χ4n) is 0.710. The third-order valence-corrected chi connectivity index (χ3v) is 1.53. The fourth-order valence-corrected chi connectivity index (χ4v) is 0.710. The van der Waals surface area contributed by atoms with E-state index in [1.807, 2.05) is 13.8 Å². The first kappa shape index (κ1) is 11.2. The van der Waals surface area contributed by atoms with E-state index >= 15 is 0 Å². The molecule has 1 N–H and O–H groups in total. The first-order valence-corrected chi connectivity index (χ1v) is 4.31. The van der Waals surface area contributed by atoms with Crippen LogP contribution in [0, 0.1) is 0 Å². The molecule has 0 aromatic carbocycles. The minimum absolute atomic E-state index is 0.902. The molecule has 0 unspecified atom stereocenters. The van der Waals surface area contributed by atoms with Gasteiger partial charge < -0.3 is 5.32 Å². The van der Waals surface area contributed by atoms with E-state index < -0.39 is 0 Å². The Bertz CT molecular complexity index is 187. The van der Waals surface area contributed by atoms with Crippen LogP contribution in [0.25, 0.3) is 0 Å². The van der Waals surface area contributed by atoms with Crippen molar-refractivity contribution >= 4 is 0 Å². The molecule has 0 saturated heterocycles. The maximum Gasteiger partial charge on any atom is 0.0162 e. The van der Waals surface area contributed by atoms with E-state index in [9.17, 15) is 0 Å². The van der Waals surface area contributed by atoms with Gasteiger partial charge in [-0.05, 0) is 20.8 Å². The molecule has 0 aliphatic rings. The van der Waals surface area contributed by atoms with Gasteiger partial charge >= 0.3 is 0 Å². The number of hydrogen-bond donors (Lipinski definition) is 1. The van der Waals surface area contributed by atoms with Crippen molar-refractivity contribution in [2.24, 2.45) is 0 Å². The third-order valence-electron chi connectivity index (χ3n) is 1.53. The summed E-state index contributed by atoms with van der Waals surface area (Å²) in [5.41, 5.74) is 2.47. The molecule has 0 aromatic rings. The molecular formula is C11H19N. The summed E-state index contributed by atoms with van der Waals surface area (Å²) in [7, 11) is 0. The second-order valence-corrected chi connectivity index (χ2v) is 3.02. The molecule has 68 valence electrons. The van der Waals surface area contributed by atoms with Gasteiger partial charge in [0.15, 0.2) is 0 Å². The van der Waals surface area contributed by atoms with Gasteiger partial charge in [0.25, 0.3) is 0 Å². The standard InChI is InChI=1S/C11H19N/c1-5-11(4)7-6-8-12-9-10(2)3/h5-7,12H,2,8-9H2,1,3-4H3/b7-6+,11-5+. The maximum atomic E-state index is 3.81. The average molecular weight is 165 g/mol. The van der Waals surface area contributed by atoms with E-state index in [1.165, 1.54) is 11.1 Å². The van der Waals surface area contributed by atoms with Gasteiger partial charge in [-0.15, -0.1) is 0 Å². The summed E-state index contributed by atoms with van der Waals surface area (Å²) in [6, 6.07) is 0. The Morgan fingerprint density at radius 3 is 2.58 bits per heavy atom. The second kappa shape index (κ2) is 6.86. The molecule has 1 nitrogen and oxygen atoms in total. The van der Waals surface area contributed by atoms with Gasteiger partial charge in [-0.1, -0.05) is 36.0 Å². The van der Waals surface area contributed by atoms with E-state index in [1.54, 1.807) is 0 Å². The molecule has 0 rings (SSSR count). The maximum absolute atomic E-state index is 3.81. The number of allylic oxidation sites excluding steroid dienone is 3. The molecule has 0 heterocycles. The van der Waals surface area contributed by atoms with Gasteiger partial charge in [0, 0.05) is 13.1 Å². The zero-order valence-electron chi connectivity index (χ0n) is 8.35. The quantitative estimate of drug-likeness (QED) is 0.375. The van der Waals surface area contributed by atoms with Crippen LogP contribution in [0.1, 0.15) is 20.8 Å². The summed E-state index contributed by atoms with van der Waals surface area (Å²) in [6.07, 6.45) is 6.33. The molecule has 0 spiro atoms. The van der Waals surface area contributed by atoms with E-state index in [-0.39, 0.29) is 0 Å². The summed E-state index contributed by atoms with van der Waals surface area (Å²) in [6.45, 7) is 11.8. The van der Waals surface area contributed by atoms with Crippen molar-refractivity contribution in [2.45, 2.75) is 20.8 Å². The lowest BCUT2D eigenvalue weighted by atomic mass is 10.2. The molecule has 12 heavy (non-hydrogen) atoms. The number of rotatable bonds is 5. The Morgan fingerprint density at radius 1 is 1.42 bits per heavy atom. The lowest BCUT2D eigenvalue weighted by Gasteiger charge is -1.98. The molecule has 0 atom stereocenters. The molecule has 0 radical (unpaired) electrons. The van der Waals surface area contributed by atoms with Crippen LogP contribution in [0.5, 0.6) is 0 Å². The van der Waals surface area contributed by atoms with Crippen molar-refractivity contribution in [3.05, 3.63) is 36.0 Å². The second-order valence-electron chi connectivity index (χ2n) is 3.02. The minimum atomic E-state index is 0.902. The molecule has 0 aliphatic heterocycles. The largest absolute Gasteiger partial charge is 0.310 e. The highest BCUT2D eigenvalue weighted by Gasteiger charge is 1.82. The summed E-state index contributed by atoms with van der Waals surface area (Å²) in [5.74, 6) is 0. The molecule has 0 aromatic heterocycles. The van der Waals surface area contributed by atoms with Crippen molar-refractivity contribution < 1.29 is 0 Å². The highest BCUT2D eigenvalue weighted by molar-refractivity contribution is 5.14. The molecule has 0 aliphatic carbocycles. The molecule has 0 saturated carbocycles.